The summed E-state index contributed by atoms with van der Waals surface area (Å²) in [5, 5.41) is 12.6. The Kier molecular flexibility index (Phi) is 10.1. The molecule has 0 saturated carbocycles. The molecular formula is C22H30Cl2N2O4S. The van der Waals surface area contributed by atoms with Crippen molar-refractivity contribution in [2.75, 3.05) is 39.0 Å². The maximum absolute atomic E-state index is 11.9. The molecule has 1 saturated heterocycles. The van der Waals surface area contributed by atoms with Crippen LogP contribution in [0.1, 0.15) is 30.9 Å². The Morgan fingerprint density at radius 2 is 1.90 bits per heavy atom. The standard InChI is InChI=1S/C22H28N2O4S.2ClH/c1-22(21(25)26,29(2,27)28)11-14-24-12-9-20(10-13-24)19-7-5-17(6-8-19)3-4-18-15-23-16-18;;/h5-9,18,23H,10-16H2,1-2H3,(H,25,26);2*1H. The van der Waals surface area contributed by atoms with Gasteiger partial charge in [0.1, 0.15) is 0 Å². The predicted molar refractivity (Wildman–Crippen MR) is 129 cm³/mol. The number of carboxylic acids is 1. The average Bonchev–Trinajstić information content (AvgIpc) is 2.65. The lowest BCUT2D eigenvalue weighted by molar-refractivity contribution is -0.139. The fourth-order valence-electron chi connectivity index (χ4n) is 3.34. The van der Waals surface area contributed by atoms with Gasteiger partial charge in [-0.25, -0.2) is 8.42 Å². The fourth-order valence-corrected chi connectivity index (χ4v) is 4.12. The molecule has 3 rings (SSSR count). The first-order valence-corrected chi connectivity index (χ1v) is 11.8. The summed E-state index contributed by atoms with van der Waals surface area (Å²) in [6.07, 6.45) is 4.06. The van der Waals surface area contributed by atoms with Gasteiger partial charge in [0.05, 0.1) is 0 Å². The van der Waals surface area contributed by atoms with Crippen molar-refractivity contribution in [2.45, 2.75) is 24.5 Å². The van der Waals surface area contributed by atoms with E-state index in [1.54, 1.807) is 0 Å². The van der Waals surface area contributed by atoms with E-state index in [-0.39, 0.29) is 31.2 Å². The predicted octanol–water partition coefficient (Wildman–Crippen LogP) is 2.47. The van der Waals surface area contributed by atoms with E-state index in [2.05, 4.69) is 40.3 Å². The van der Waals surface area contributed by atoms with Crippen LogP contribution in [0, 0.1) is 17.8 Å². The van der Waals surface area contributed by atoms with E-state index in [0.717, 1.165) is 37.9 Å². The Morgan fingerprint density at radius 1 is 1.26 bits per heavy atom. The van der Waals surface area contributed by atoms with E-state index in [4.69, 9.17) is 0 Å². The number of nitrogens with zero attached hydrogens (tertiary/aromatic N) is 1. The summed E-state index contributed by atoms with van der Waals surface area (Å²) in [6, 6.07) is 8.28. The van der Waals surface area contributed by atoms with Gasteiger partial charge in [-0.1, -0.05) is 30.0 Å². The maximum atomic E-state index is 11.9. The molecule has 0 aliphatic carbocycles. The largest absolute Gasteiger partial charge is 0.480 e. The van der Waals surface area contributed by atoms with Crippen molar-refractivity contribution in [2.24, 2.45) is 5.92 Å². The number of nitrogens with one attached hydrogen (secondary N) is 1. The number of hydrogen-bond acceptors (Lipinski definition) is 5. The van der Waals surface area contributed by atoms with Crippen LogP contribution in [0.25, 0.3) is 5.57 Å². The Labute approximate surface area is 197 Å². The fraction of sp³-hybridized carbons (Fsp3) is 0.500. The minimum Gasteiger partial charge on any atom is -0.480 e. The van der Waals surface area contributed by atoms with Crippen molar-refractivity contribution in [1.29, 1.82) is 0 Å². The summed E-state index contributed by atoms with van der Waals surface area (Å²) in [7, 11) is -3.69. The van der Waals surface area contributed by atoms with Crippen LogP contribution in [0.3, 0.4) is 0 Å². The van der Waals surface area contributed by atoms with Crippen molar-refractivity contribution in [3.8, 4) is 11.8 Å². The van der Waals surface area contributed by atoms with Crippen LogP contribution in [-0.2, 0) is 14.6 Å². The lowest BCUT2D eigenvalue weighted by Crippen LogP contribution is -2.46. The molecule has 1 fully saturated rings. The number of hydrogen-bond donors (Lipinski definition) is 2. The van der Waals surface area contributed by atoms with Gasteiger partial charge in [0.2, 0.25) is 0 Å². The van der Waals surface area contributed by atoms with Gasteiger partial charge in [-0.2, -0.15) is 0 Å². The molecule has 2 aliphatic rings. The summed E-state index contributed by atoms with van der Waals surface area (Å²) in [5.74, 6) is 5.67. The highest BCUT2D eigenvalue weighted by atomic mass is 35.5. The second-order valence-electron chi connectivity index (χ2n) is 8.04. The molecule has 172 valence electrons. The molecule has 2 aliphatic heterocycles. The SMILES string of the molecule is CC(CCN1CC=C(c2ccc(C#CC3CNC3)cc2)CC1)(C(=O)O)S(C)(=O)=O.Cl.Cl. The van der Waals surface area contributed by atoms with Crippen molar-refractivity contribution < 1.29 is 18.3 Å². The molecule has 0 aromatic heterocycles. The number of rotatable bonds is 6. The maximum Gasteiger partial charge on any atom is 0.324 e. The molecule has 0 radical (unpaired) electrons. The van der Waals surface area contributed by atoms with Gasteiger partial charge >= 0.3 is 5.97 Å². The molecule has 1 aromatic rings. The van der Waals surface area contributed by atoms with Gasteiger partial charge in [-0.15, -0.1) is 24.8 Å². The number of halogens is 2. The zero-order chi connectivity index (χ0) is 21.1. The van der Waals surface area contributed by atoms with E-state index < -0.39 is 20.6 Å². The van der Waals surface area contributed by atoms with Crippen LogP contribution >= 0.6 is 24.8 Å². The zero-order valence-corrected chi connectivity index (χ0v) is 20.2. The van der Waals surface area contributed by atoms with Crippen LogP contribution in [0.4, 0.5) is 0 Å². The molecule has 9 heteroatoms. The smallest absolute Gasteiger partial charge is 0.324 e. The van der Waals surface area contributed by atoms with Crippen molar-refractivity contribution in [1.82, 2.24) is 10.2 Å². The molecule has 1 atom stereocenters. The highest BCUT2D eigenvalue weighted by molar-refractivity contribution is 7.92. The molecule has 1 unspecified atom stereocenters. The third kappa shape index (κ3) is 6.71. The molecule has 6 nitrogen and oxygen atoms in total. The molecule has 2 heterocycles. The second kappa shape index (κ2) is 11.3. The minimum atomic E-state index is -3.69. The number of aliphatic carboxylic acids is 1. The molecule has 2 N–H and O–H groups in total. The molecular weight excluding hydrogens is 459 g/mol. The highest BCUT2D eigenvalue weighted by Crippen LogP contribution is 2.25. The van der Waals surface area contributed by atoms with E-state index in [1.165, 1.54) is 18.1 Å². The summed E-state index contributed by atoms with van der Waals surface area (Å²) >= 11 is 0. The van der Waals surface area contributed by atoms with Crippen molar-refractivity contribution in [3.63, 3.8) is 0 Å². The molecule has 31 heavy (non-hydrogen) atoms. The molecule has 0 spiro atoms. The average molecular weight is 489 g/mol. The molecule has 1 aromatic carbocycles. The van der Waals surface area contributed by atoms with Crippen molar-refractivity contribution in [3.05, 3.63) is 41.5 Å². The Morgan fingerprint density at radius 3 is 2.35 bits per heavy atom. The van der Waals surface area contributed by atoms with Gasteiger partial charge < -0.3 is 10.4 Å². The lowest BCUT2D eigenvalue weighted by atomic mass is 9.97. The van der Waals surface area contributed by atoms with Crippen LogP contribution in [0.15, 0.2) is 30.3 Å². The summed E-state index contributed by atoms with van der Waals surface area (Å²) in [6.45, 7) is 5.15. The summed E-state index contributed by atoms with van der Waals surface area (Å²) in [5.41, 5.74) is 3.45. The van der Waals surface area contributed by atoms with E-state index >= 15 is 0 Å². The monoisotopic (exact) mass is 488 g/mol. The van der Waals surface area contributed by atoms with Crippen LogP contribution in [0.5, 0.6) is 0 Å². The first-order valence-electron chi connectivity index (χ1n) is 9.86. The highest BCUT2D eigenvalue weighted by Gasteiger charge is 2.43. The first-order chi connectivity index (χ1) is 13.7. The van der Waals surface area contributed by atoms with Gasteiger partial charge in [0.25, 0.3) is 0 Å². The normalized spacial score (nSPS) is 18.7. The second-order valence-corrected chi connectivity index (χ2v) is 10.5. The number of carbonyl (C=O) groups is 1. The minimum absolute atomic E-state index is 0. The van der Waals surface area contributed by atoms with Crippen LogP contribution < -0.4 is 5.32 Å². The van der Waals surface area contributed by atoms with E-state index in [1.807, 2.05) is 12.1 Å². The third-order valence-corrected chi connectivity index (χ3v) is 7.94. The summed E-state index contributed by atoms with van der Waals surface area (Å²) in [4.78, 5) is 13.6. The van der Waals surface area contributed by atoms with Gasteiger partial charge in [0.15, 0.2) is 14.6 Å². The van der Waals surface area contributed by atoms with Gasteiger partial charge in [-0.3, -0.25) is 9.69 Å². The quantitative estimate of drug-likeness (QED) is 0.598. The Hall–Kier alpha value is -1.56. The molecule has 0 amide bonds. The number of benzene rings is 1. The first kappa shape index (κ1) is 27.5. The number of carboxylic acid groups (broad SMARTS) is 1. The Bertz CT molecular complexity index is 963. The van der Waals surface area contributed by atoms with Gasteiger partial charge in [0, 0.05) is 50.5 Å². The van der Waals surface area contributed by atoms with E-state index in [9.17, 15) is 18.3 Å². The third-order valence-electron chi connectivity index (χ3n) is 5.93. The zero-order valence-electron chi connectivity index (χ0n) is 17.8. The van der Waals surface area contributed by atoms with Crippen LogP contribution in [-0.4, -0.2) is 68.1 Å². The van der Waals surface area contributed by atoms with Gasteiger partial charge in [-0.05, 0) is 43.0 Å². The Balaban J connectivity index is 0.00000240. The lowest BCUT2D eigenvalue weighted by Gasteiger charge is -2.30. The van der Waals surface area contributed by atoms with Crippen LogP contribution in [0.2, 0.25) is 0 Å². The van der Waals surface area contributed by atoms with E-state index in [0.29, 0.717) is 19.0 Å². The topological polar surface area (TPSA) is 86.7 Å². The summed E-state index contributed by atoms with van der Waals surface area (Å²) < 4.78 is 22.1. The number of sulfone groups is 1. The molecule has 0 bridgehead atoms. The van der Waals surface area contributed by atoms with Crippen molar-refractivity contribution >= 4 is 46.2 Å².